The van der Waals surface area contributed by atoms with E-state index in [0.717, 1.165) is 10.7 Å². The van der Waals surface area contributed by atoms with Gasteiger partial charge in [-0.25, -0.2) is 0 Å². The van der Waals surface area contributed by atoms with Crippen molar-refractivity contribution in [1.82, 2.24) is 14.8 Å². The molecule has 3 heterocycles. The molecule has 33 heavy (non-hydrogen) atoms. The summed E-state index contributed by atoms with van der Waals surface area (Å²) in [4.78, 5) is 12.6. The predicted octanol–water partition coefficient (Wildman–Crippen LogP) is 5.00. The molecule has 1 amide bonds. The zero-order chi connectivity index (χ0) is 22.6. The van der Waals surface area contributed by atoms with Gasteiger partial charge in [0.2, 0.25) is 12.6 Å². The van der Waals surface area contributed by atoms with Crippen LogP contribution in [0.4, 0.5) is 5.69 Å². The second-order valence-electron chi connectivity index (χ2n) is 7.19. The maximum atomic E-state index is 12.6. The van der Waals surface area contributed by atoms with Crippen molar-refractivity contribution in [3.8, 4) is 23.1 Å². The molecule has 8 nitrogen and oxygen atoms in total. The minimum atomic E-state index is -0.193. The van der Waals surface area contributed by atoms with Crippen molar-refractivity contribution in [2.24, 2.45) is 0 Å². The molecule has 9 heteroatoms. The molecule has 0 radical (unpaired) electrons. The number of furan rings is 1. The van der Waals surface area contributed by atoms with E-state index in [0.29, 0.717) is 46.6 Å². The number of thioether (sulfide) groups is 1. The van der Waals surface area contributed by atoms with E-state index >= 15 is 0 Å². The molecule has 0 unspecified atom stereocenters. The first-order valence-corrected chi connectivity index (χ1v) is 11.2. The lowest BCUT2D eigenvalue weighted by molar-refractivity contribution is 0.102. The molecule has 0 bridgehead atoms. The summed E-state index contributed by atoms with van der Waals surface area (Å²) in [6.45, 7) is 4.59. The number of anilines is 1. The average Bonchev–Trinajstić information content (AvgIpc) is 3.59. The Hall–Kier alpha value is -3.98. The number of fused-ring (bicyclic) bond motifs is 1. The summed E-state index contributed by atoms with van der Waals surface area (Å²) < 4.78 is 18.1. The Morgan fingerprint density at radius 3 is 2.76 bits per heavy atom. The van der Waals surface area contributed by atoms with Crippen LogP contribution < -0.4 is 14.8 Å². The fraction of sp³-hybridized carbons (Fsp3) is 0.125. The maximum Gasteiger partial charge on any atom is 0.255 e. The van der Waals surface area contributed by atoms with Crippen molar-refractivity contribution in [3.05, 3.63) is 84.6 Å². The van der Waals surface area contributed by atoms with Gasteiger partial charge in [-0.1, -0.05) is 30.0 Å². The lowest BCUT2D eigenvalue weighted by atomic mass is 10.1. The maximum absolute atomic E-state index is 12.6. The van der Waals surface area contributed by atoms with Crippen molar-refractivity contribution in [3.63, 3.8) is 0 Å². The molecule has 0 saturated carbocycles. The normalized spacial score (nSPS) is 12.0. The molecule has 1 aliphatic rings. The molecule has 0 aliphatic carbocycles. The third-order valence-electron chi connectivity index (χ3n) is 4.98. The number of hydrogen-bond acceptors (Lipinski definition) is 7. The van der Waals surface area contributed by atoms with Gasteiger partial charge in [-0.15, -0.1) is 16.8 Å². The molecular weight excluding hydrogens is 440 g/mol. The Bertz CT molecular complexity index is 1280. The van der Waals surface area contributed by atoms with Gasteiger partial charge in [0.05, 0.1) is 6.26 Å². The Kier molecular flexibility index (Phi) is 5.86. The fourth-order valence-electron chi connectivity index (χ4n) is 3.36. The molecule has 5 rings (SSSR count). The average molecular weight is 461 g/mol. The van der Waals surface area contributed by atoms with E-state index in [4.69, 9.17) is 13.9 Å². The topological polar surface area (TPSA) is 91.4 Å². The molecule has 1 N–H and O–H groups in total. The number of aromatic nitrogens is 3. The largest absolute Gasteiger partial charge is 0.461 e. The summed E-state index contributed by atoms with van der Waals surface area (Å²) >= 11 is 1.56. The number of ether oxygens (including phenoxy) is 2. The standard InChI is InChI=1S/C24H20N4O4S/c1-2-11-28-22(20-4-3-12-30-20)26-27-24(28)33-14-16-5-7-17(8-6-16)23(29)25-18-9-10-19-21(13-18)32-15-31-19/h2-10,12-13H,1,11,14-15H2,(H,25,29). The van der Waals surface area contributed by atoms with E-state index < -0.39 is 0 Å². The van der Waals surface area contributed by atoms with E-state index in [9.17, 15) is 4.79 Å². The van der Waals surface area contributed by atoms with E-state index in [1.807, 2.05) is 28.8 Å². The summed E-state index contributed by atoms with van der Waals surface area (Å²) in [5.74, 6) is 3.11. The van der Waals surface area contributed by atoms with Crippen molar-refractivity contribution in [1.29, 1.82) is 0 Å². The van der Waals surface area contributed by atoms with Crippen LogP contribution in [-0.4, -0.2) is 27.5 Å². The molecule has 2 aromatic carbocycles. The second kappa shape index (κ2) is 9.25. The first-order chi connectivity index (χ1) is 16.2. The summed E-state index contributed by atoms with van der Waals surface area (Å²) in [6.07, 6.45) is 3.41. The van der Waals surface area contributed by atoms with E-state index in [1.165, 1.54) is 0 Å². The number of allylic oxidation sites excluding steroid dienone is 1. The lowest BCUT2D eigenvalue weighted by Crippen LogP contribution is -2.11. The Balaban J connectivity index is 1.23. The summed E-state index contributed by atoms with van der Waals surface area (Å²) in [5, 5.41) is 12.2. The first kappa shape index (κ1) is 20.9. The van der Waals surface area contributed by atoms with Crippen LogP contribution in [0.2, 0.25) is 0 Å². The minimum absolute atomic E-state index is 0.193. The van der Waals surface area contributed by atoms with Gasteiger partial charge in [0.25, 0.3) is 5.91 Å². The Labute approximate surface area is 194 Å². The molecular formula is C24H20N4O4S. The first-order valence-electron chi connectivity index (χ1n) is 10.2. The summed E-state index contributed by atoms with van der Waals surface area (Å²) in [5.41, 5.74) is 2.28. The van der Waals surface area contributed by atoms with Crippen molar-refractivity contribution in [2.75, 3.05) is 12.1 Å². The van der Waals surface area contributed by atoms with Gasteiger partial charge < -0.3 is 19.2 Å². The molecule has 4 aromatic rings. The predicted molar refractivity (Wildman–Crippen MR) is 124 cm³/mol. The number of carbonyl (C=O) groups is 1. The number of amides is 1. The highest BCUT2D eigenvalue weighted by Crippen LogP contribution is 2.34. The van der Waals surface area contributed by atoms with Gasteiger partial charge >= 0.3 is 0 Å². The number of rotatable bonds is 8. The van der Waals surface area contributed by atoms with Gasteiger partial charge in [-0.05, 0) is 42.0 Å². The van der Waals surface area contributed by atoms with Crippen LogP contribution in [0.1, 0.15) is 15.9 Å². The highest BCUT2D eigenvalue weighted by Gasteiger charge is 2.16. The Morgan fingerprint density at radius 1 is 1.12 bits per heavy atom. The summed E-state index contributed by atoms with van der Waals surface area (Å²) in [7, 11) is 0. The van der Waals surface area contributed by atoms with Gasteiger partial charge in [0.15, 0.2) is 22.4 Å². The second-order valence-corrected chi connectivity index (χ2v) is 8.13. The molecule has 2 aromatic heterocycles. The highest BCUT2D eigenvalue weighted by atomic mass is 32.2. The molecule has 0 spiro atoms. The number of nitrogens with zero attached hydrogens (tertiary/aromatic N) is 3. The van der Waals surface area contributed by atoms with Gasteiger partial charge in [0, 0.05) is 29.6 Å². The van der Waals surface area contributed by atoms with E-state index in [1.54, 1.807) is 54.4 Å². The quantitative estimate of drug-likeness (QED) is 0.292. The van der Waals surface area contributed by atoms with Gasteiger partial charge in [-0.3, -0.25) is 9.36 Å². The lowest BCUT2D eigenvalue weighted by Gasteiger charge is -2.08. The summed E-state index contributed by atoms with van der Waals surface area (Å²) in [6, 6.07) is 16.5. The zero-order valence-electron chi connectivity index (χ0n) is 17.6. The third-order valence-corrected chi connectivity index (χ3v) is 6.02. The molecule has 0 fully saturated rings. The fourth-order valence-corrected chi connectivity index (χ4v) is 4.26. The van der Waals surface area contributed by atoms with Crippen LogP contribution in [0.25, 0.3) is 11.6 Å². The monoisotopic (exact) mass is 460 g/mol. The van der Waals surface area contributed by atoms with E-state index in [-0.39, 0.29) is 12.7 Å². The smallest absolute Gasteiger partial charge is 0.255 e. The Morgan fingerprint density at radius 2 is 1.97 bits per heavy atom. The van der Waals surface area contributed by atoms with Crippen LogP contribution in [0.15, 0.2) is 83.1 Å². The van der Waals surface area contributed by atoms with E-state index in [2.05, 4.69) is 22.1 Å². The number of carbonyl (C=O) groups excluding carboxylic acids is 1. The van der Waals surface area contributed by atoms with Crippen molar-refractivity contribution < 1.29 is 18.7 Å². The van der Waals surface area contributed by atoms with Crippen LogP contribution in [-0.2, 0) is 12.3 Å². The molecule has 0 atom stereocenters. The van der Waals surface area contributed by atoms with Gasteiger partial charge in [-0.2, -0.15) is 0 Å². The number of hydrogen-bond donors (Lipinski definition) is 1. The molecule has 0 saturated heterocycles. The molecule has 1 aliphatic heterocycles. The van der Waals surface area contributed by atoms with Crippen LogP contribution in [0.3, 0.4) is 0 Å². The van der Waals surface area contributed by atoms with Crippen LogP contribution >= 0.6 is 11.8 Å². The van der Waals surface area contributed by atoms with Crippen LogP contribution in [0.5, 0.6) is 11.5 Å². The molecule has 166 valence electrons. The highest BCUT2D eigenvalue weighted by molar-refractivity contribution is 7.98. The third kappa shape index (κ3) is 4.49. The van der Waals surface area contributed by atoms with Crippen LogP contribution in [0, 0.1) is 0 Å². The van der Waals surface area contributed by atoms with Crippen molar-refractivity contribution >= 4 is 23.4 Å². The number of nitrogens with one attached hydrogen (secondary N) is 1. The van der Waals surface area contributed by atoms with Gasteiger partial charge in [0.1, 0.15) is 0 Å². The minimum Gasteiger partial charge on any atom is -0.461 e. The SMILES string of the molecule is C=CCn1c(SCc2ccc(C(=O)Nc3ccc4c(c3)OCO4)cc2)nnc1-c1ccco1. The van der Waals surface area contributed by atoms with Crippen molar-refractivity contribution in [2.45, 2.75) is 17.5 Å². The zero-order valence-corrected chi connectivity index (χ0v) is 18.4. The number of benzene rings is 2.